The van der Waals surface area contributed by atoms with E-state index in [9.17, 15) is 38.7 Å². The van der Waals surface area contributed by atoms with E-state index in [2.05, 4.69) is 28.1 Å². The molecule has 0 spiro atoms. The highest BCUT2D eigenvalue weighted by molar-refractivity contribution is 6.01. The number of carboxylic acids is 1. The minimum absolute atomic E-state index is 0.0348. The zero-order valence-electron chi connectivity index (χ0n) is 29.1. The van der Waals surface area contributed by atoms with Crippen molar-refractivity contribution < 1.29 is 67.2 Å². The number of carbonyl (C=O) groups excluding carboxylic acids is 6. The number of alkyl carbamates (subject to hydrolysis) is 1. The maximum atomic E-state index is 12.2. The molecule has 1 heterocycles. The van der Waals surface area contributed by atoms with Gasteiger partial charge in [-0.2, -0.15) is 0 Å². The van der Waals surface area contributed by atoms with E-state index in [1.54, 1.807) is 0 Å². The molecule has 1 saturated heterocycles. The molecule has 5 amide bonds. The molecule has 0 aromatic carbocycles. The van der Waals surface area contributed by atoms with Crippen molar-refractivity contribution in [2.24, 2.45) is 0 Å². The Balaban J connectivity index is 1.36. The molecule has 288 valence electrons. The average molecular weight is 729 g/mol. The third kappa shape index (κ3) is 21.0. The minimum atomic E-state index is -1.19. The van der Waals surface area contributed by atoms with Crippen molar-refractivity contribution in [2.75, 3.05) is 65.9 Å². The van der Waals surface area contributed by atoms with Gasteiger partial charge in [0.1, 0.15) is 18.7 Å². The summed E-state index contributed by atoms with van der Waals surface area (Å²) >= 11 is 0. The summed E-state index contributed by atoms with van der Waals surface area (Å²) in [4.78, 5) is 87.0. The summed E-state index contributed by atoms with van der Waals surface area (Å²) in [7, 11) is 0. The normalized spacial score (nSPS) is 16.5. The second kappa shape index (κ2) is 26.6. The fourth-order valence-corrected chi connectivity index (χ4v) is 4.77. The number of carboxylic acid groups (broad SMARTS) is 1. The van der Waals surface area contributed by atoms with E-state index >= 15 is 0 Å². The van der Waals surface area contributed by atoms with Crippen molar-refractivity contribution in [2.45, 2.75) is 89.2 Å². The van der Waals surface area contributed by atoms with Crippen LogP contribution >= 0.6 is 0 Å². The molecule has 1 unspecified atom stereocenters. The van der Waals surface area contributed by atoms with Crippen LogP contribution in [0.5, 0.6) is 0 Å². The molecule has 2 atom stereocenters. The minimum Gasteiger partial charge on any atom is -0.480 e. The quantitative estimate of drug-likeness (QED) is 0.0551. The summed E-state index contributed by atoms with van der Waals surface area (Å²) in [5.41, 5.74) is 0. The van der Waals surface area contributed by atoms with Gasteiger partial charge in [-0.25, -0.2) is 14.4 Å². The van der Waals surface area contributed by atoms with E-state index in [1.165, 1.54) is 0 Å². The van der Waals surface area contributed by atoms with E-state index in [0.717, 1.165) is 25.7 Å². The monoisotopic (exact) mass is 728 g/mol. The summed E-state index contributed by atoms with van der Waals surface area (Å²) in [6, 6.07) is -1.13. The van der Waals surface area contributed by atoms with Gasteiger partial charge in [-0.3, -0.25) is 19.2 Å². The topological polar surface area (TPSA) is 234 Å². The van der Waals surface area contributed by atoms with Gasteiger partial charge < -0.3 is 49.6 Å². The van der Waals surface area contributed by atoms with Gasteiger partial charge >= 0.3 is 18.0 Å². The van der Waals surface area contributed by atoms with Crippen molar-refractivity contribution in [3.63, 3.8) is 0 Å². The van der Waals surface area contributed by atoms with Crippen molar-refractivity contribution in [1.29, 1.82) is 0 Å². The van der Waals surface area contributed by atoms with E-state index < -0.39 is 48.3 Å². The smallest absolute Gasteiger partial charge is 0.407 e. The number of rotatable bonds is 26. The number of hydrogen-bond acceptors (Lipinski definition) is 13. The third-order valence-corrected chi connectivity index (χ3v) is 7.50. The van der Waals surface area contributed by atoms with Crippen molar-refractivity contribution in [1.82, 2.24) is 21.0 Å². The molecule has 18 heteroatoms. The number of nitrogens with zero attached hydrogens (tertiary/aromatic N) is 1. The molecule has 51 heavy (non-hydrogen) atoms. The lowest BCUT2D eigenvalue weighted by molar-refractivity contribution is -0.198. The molecule has 1 aliphatic heterocycles. The van der Waals surface area contributed by atoms with E-state index in [-0.39, 0.29) is 70.5 Å². The van der Waals surface area contributed by atoms with E-state index in [0.29, 0.717) is 57.3 Å². The predicted molar refractivity (Wildman–Crippen MR) is 177 cm³/mol. The summed E-state index contributed by atoms with van der Waals surface area (Å²) < 4.78 is 26.8. The summed E-state index contributed by atoms with van der Waals surface area (Å²) in [6.07, 6.45) is 8.58. The van der Waals surface area contributed by atoms with Crippen LogP contribution in [0.3, 0.4) is 0 Å². The Morgan fingerprint density at radius 1 is 0.765 bits per heavy atom. The lowest BCUT2D eigenvalue weighted by Gasteiger charge is -2.19. The van der Waals surface area contributed by atoms with Crippen LogP contribution < -0.4 is 16.0 Å². The van der Waals surface area contributed by atoms with Gasteiger partial charge in [0.05, 0.1) is 59.3 Å². The maximum absolute atomic E-state index is 12.2. The second-order valence-corrected chi connectivity index (χ2v) is 11.7. The van der Waals surface area contributed by atoms with Crippen LogP contribution in [0.4, 0.5) is 4.79 Å². The Kier molecular flexibility index (Phi) is 22.5. The van der Waals surface area contributed by atoms with Gasteiger partial charge in [-0.15, -0.1) is 5.06 Å². The highest BCUT2D eigenvalue weighted by atomic mass is 16.7. The largest absolute Gasteiger partial charge is 0.480 e. The van der Waals surface area contributed by atoms with Crippen LogP contribution in [-0.2, 0) is 57.3 Å². The zero-order valence-corrected chi connectivity index (χ0v) is 29.1. The number of hydrogen-bond donors (Lipinski definition) is 4. The lowest BCUT2D eigenvalue weighted by Crippen LogP contribution is -2.46. The number of allylic oxidation sites excluding steroid dienone is 2. The SMILES string of the molecule is O=C(CCOCCOCCOCCOCCC(=O)ON1C(=O)CCC1=O)NCCCC[C@H](NC(=O)CNC(=O)OC1CCC=CCCC1)C(=O)O. The van der Waals surface area contributed by atoms with Crippen molar-refractivity contribution >= 4 is 41.7 Å². The number of imide groups is 1. The molecular formula is C33H52N4O14. The molecular weight excluding hydrogens is 676 g/mol. The van der Waals surface area contributed by atoms with Gasteiger partial charge in [-0.1, -0.05) is 12.2 Å². The van der Waals surface area contributed by atoms with Gasteiger partial charge in [0, 0.05) is 25.8 Å². The fourth-order valence-electron chi connectivity index (χ4n) is 4.77. The molecule has 0 aromatic heterocycles. The Labute approximate surface area is 297 Å². The van der Waals surface area contributed by atoms with Crippen LogP contribution in [0.25, 0.3) is 0 Å². The number of aliphatic carboxylic acids is 1. The maximum Gasteiger partial charge on any atom is 0.407 e. The molecule has 0 radical (unpaired) electrons. The molecule has 2 rings (SSSR count). The lowest BCUT2D eigenvalue weighted by atomic mass is 10.0. The Morgan fingerprint density at radius 2 is 1.37 bits per heavy atom. The number of unbranched alkanes of at least 4 members (excludes halogenated alkanes) is 1. The van der Waals surface area contributed by atoms with Gasteiger partial charge in [0.2, 0.25) is 11.8 Å². The number of nitrogens with one attached hydrogen (secondary N) is 3. The number of amides is 5. The van der Waals surface area contributed by atoms with Gasteiger partial charge in [0.15, 0.2) is 0 Å². The molecule has 1 aliphatic carbocycles. The Morgan fingerprint density at radius 3 is 2.02 bits per heavy atom. The van der Waals surface area contributed by atoms with Crippen molar-refractivity contribution in [3.8, 4) is 0 Å². The molecule has 2 aliphatic rings. The highest BCUT2D eigenvalue weighted by Gasteiger charge is 2.32. The molecule has 4 N–H and O–H groups in total. The molecule has 18 nitrogen and oxygen atoms in total. The van der Waals surface area contributed by atoms with Crippen LogP contribution in [0.1, 0.15) is 77.0 Å². The first kappa shape index (κ1) is 43.0. The number of carbonyl (C=O) groups is 7. The van der Waals surface area contributed by atoms with Gasteiger partial charge in [0.25, 0.3) is 11.8 Å². The molecule has 1 fully saturated rings. The number of hydroxylamine groups is 2. The first-order valence-corrected chi connectivity index (χ1v) is 17.4. The molecule has 0 aromatic rings. The predicted octanol–water partition coefficient (Wildman–Crippen LogP) is 0.911. The standard InChI is InChI=1S/C33H52N4O14/c38-27(13-16-46-18-20-48-22-23-49-21-19-47-17-14-31(42)51-37-29(40)11-12-30(37)41)34-15-7-6-10-26(32(43)44)36-28(39)24-35-33(45)50-25-8-4-2-1-3-5-9-25/h1-2,25-26H,3-24H2,(H,34,38)(H,35,45)(H,36,39)(H,43,44)/t25?,26-/m0/s1. The Hall–Kier alpha value is -4.13. The number of ether oxygens (including phenoxy) is 5. The van der Waals surface area contributed by atoms with Crippen LogP contribution in [-0.4, -0.2) is 130 Å². The summed E-state index contributed by atoms with van der Waals surface area (Å²) in [5, 5.41) is 17.5. The summed E-state index contributed by atoms with van der Waals surface area (Å²) in [5.74, 6) is -3.84. The van der Waals surface area contributed by atoms with Gasteiger partial charge in [-0.05, 0) is 51.4 Å². The van der Waals surface area contributed by atoms with E-state index in [4.69, 9.17) is 28.5 Å². The average Bonchev–Trinajstić information content (AvgIpc) is 3.39. The second-order valence-electron chi connectivity index (χ2n) is 11.7. The summed E-state index contributed by atoms with van der Waals surface area (Å²) in [6.45, 7) is 1.96. The highest BCUT2D eigenvalue weighted by Crippen LogP contribution is 2.15. The van der Waals surface area contributed by atoms with E-state index in [1.807, 2.05) is 0 Å². The third-order valence-electron chi connectivity index (χ3n) is 7.50. The molecule has 0 saturated carbocycles. The zero-order chi connectivity index (χ0) is 37.1. The Bertz CT molecular complexity index is 1130. The molecule has 0 bridgehead atoms. The van der Waals surface area contributed by atoms with Crippen LogP contribution in [0, 0.1) is 0 Å². The first-order valence-electron chi connectivity index (χ1n) is 17.4. The first-order chi connectivity index (χ1) is 24.7. The van der Waals surface area contributed by atoms with Crippen LogP contribution in [0.2, 0.25) is 0 Å². The fraction of sp³-hybridized carbons (Fsp3) is 0.727. The van der Waals surface area contributed by atoms with Crippen molar-refractivity contribution in [3.05, 3.63) is 12.2 Å². The van der Waals surface area contributed by atoms with Crippen LogP contribution in [0.15, 0.2) is 12.2 Å².